The number of anilines is 1. The van der Waals surface area contributed by atoms with E-state index >= 15 is 0 Å². The number of fused-ring (bicyclic) bond motifs is 1. The molecule has 3 aliphatic heterocycles. The predicted octanol–water partition coefficient (Wildman–Crippen LogP) is 2.03. The zero-order valence-corrected chi connectivity index (χ0v) is 22.9. The first-order valence-corrected chi connectivity index (χ1v) is 13.5. The second-order valence-corrected chi connectivity index (χ2v) is 11.4. The summed E-state index contributed by atoms with van der Waals surface area (Å²) in [5, 5.41) is 0. The lowest BCUT2D eigenvalue weighted by Gasteiger charge is -2.38. The first-order valence-electron chi connectivity index (χ1n) is 13.5. The number of carbonyl (C=O) groups is 3. The van der Waals surface area contributed by atoms with Gasteiger partial charge in [0.15, 0.2) is 5.78 Å². The van der Waals surface area contributed by atoms with E-state index in [2.05, 4.69) is 16.7 Å². The lowest BCUT2D eigenvalue weighted by molar-refractivity contribution is -0.140. The number of rotatable bonds is 8. The van der Waals surface area contributed by atoms with Crippen LogP contribution in [0.3, 0.4) is 0 Å². The third-order valence-corrected chi connectivity index (χ3v) is 7.80. The lowest BCUT2D eigenvalue weighted by Crippen LogP contribution is -2.47. The number of Topliss-reactive ketones (excluding diaryl/α,β-unsaturated/α-hetero) is 1. The van der Waals surface area contributed by atoms with Crippen molar-refractivity contribution in [1.29, 1.82) is 0 Å². The van der Waals surface area contributed by atoms with Crippen molar-refractivity contribution in [1.82, 2.24) is 9.80 Å². The van der Waals surface area contributed by atoms with E-state index in [1.807, 2.05) is 39.8 Å². The van der Waals surface area contributed by atoms with E-state index in [4.69, 9.17) is 15.2 Å². The summed E-state index contributed by atoms with van der Waals surface area (Å²) in [6.07, 6.45) is 0.314. The van der Waals surface area contributed by atoms with Crippen LogP contribution in [0, 0.1) is 5.41 Å². The van der Waals surface area contributed by atoms with Crippen LogP contribution in [-0.2, 0) is 19.1 Å². The molecule has 3 saturated heterocycles. The van der Waals surface area contributed by atoms with Crippen molar-refractivity contribution in [2.75, 3.05) is 57.4 Å². The molecule has 2 N–H and O–H groups in total. The Morgan fingerprint density at radius 1 is 1.16 bits per heavy atom. The monoisotopic (exact) mass is 514 g/mol. The Kier molecular flexibility index (Phi) is 8.26. The minimum absolute atomic E-state index is 0.0189. The molecule has 3 fully saturated rings. The van der Waals surface area contributed by atoms with Crippen molar-refractivity contribution >= 4 is 23.3 Å². The van der Waals surface area contributed by atoms with Gasteiger partial charge in [0.25, 0.3) is 0 Å². The standard InChI is InChI=1S/C28H42N4O5/c1-6-10-30-11-13-31(14-12-30)18-8-9-19(26(29)34)20(15-18)23(28(3,4)5)27(35)32-16-22(36-7-2)25-24(32)21(33)17-37-25/h8-9,15,22-25H,6-7,10-14,16-17H2,1-5H3,(H2,29,34)/t22-,23-,24+,25+/m0/s1. The molecule has 0 aliphatic carbocycles. The molecule has 3 aliphatic rings. The highest BCUT2D eigenvalue weighted by molar-refractivity contribution is 5.99. The molecule has 0 saturated carbocycles. The van der Waals surface area contributed by atoms with Crippen LogP contribution < -0.4 is 10.6 Å². The van der Waals surface area contributed by atoms with Crippen molar-refractivity contribution in [2.24, 2.45) is 11.1 Å². The zero-order valence-electron chi connectivity index (χ0n) is 22.9. The molecule has 0 bridgehead atoms. The van der Waals surface area contributed by atoms with Crippen LogP contribution in [0.25, 0.3) is 0 Å². The molecule has 37 heavy (non-hydrogen) atoms. The average Bonchev–Trinajstić information content (AvgIpc) is 3.40. The van der Waals surface area contributed by atoms with Gasteiger partial charge in [0.1, 0.15) is 24.9 Å². The Balaban J connectivity index is 1.69. The van der Waals surface area contributed by atoms with Gasteiger partial charge in [-0.15, -0.1) is 0 Å². The van der Waals surface area contributed by atoms with E-state index in [9.17, 15) is 14.4 Å². The molecule has 0 radical (unpaired) electrons. The third-order valence-electron chi connectivity index (χ3n) is 7.80. The number of nitrogens with two attached hydrogens (primary N) is 1. The summed E-state index contributed by atoms with van der Waals surface area (Å²) in [6, 6.07) is 4.97. The highest BCUT2D eigenvalue weighted by Crippen LogP contribution is 2.42. The molecule has 9 nitrogen and oxygen atoms in total. The Bertz CT molecular complexity index is 1010. The van der Waals surface area contributed by atoms with Crippen LogP contribution in [0.4, 0.5) is 5.69 Å². The average molecular weight is 515 g/mol. The molecule has 0 aromatic heterocycles. The molecule has 0 spiro atoms. The minimum Gasteiger partial charge on any atom is -0.374 e. The highest BCUT2D eigenvalue weighted by Gasteiger charge is 2.54. The van der Waals surface area contributed by atoms with E-state index in [0.717, 1.165) is 44.8 Å². The van der Waals surface area contributed by atoms with Gasteiger partial charge in [0.05, 0.1) is 12.5 Å². The van der Waals surface area contributed by atoms with Crippen molar-refractivity contribution in [2.45, 2.75) is 65.2 Å². The minimum atomic E-state index is -0.675. The van der Waals surface area contributed by atoms with Gasteiger partial charge in [-0.05, 0) is 49.1 Å². The number of ether oxygens (including phenoxy) is 2. The SMILES string of the molecule is CCCN1CCN(c2ccc(C(N)=O)c([C@@H](C(=O)N3C[C@H](OCC)[C@H]4OCC(=O)[C@H]43)C(C)(C)C)c2)CC1. The Labute approximate surface area is 220 Å². The van der Waals surface area contributed by atoms with Crippen molar-refractivity contribution < 1.29 is 23.9 Å². The van der Waals surface area contributed by atoms with E-state index in [1.165, 1.54) is 0 Å². The fraction of sp³-hybridized carbons (Fsp3) is 0.679. The second kappa shape index (κ2) is 11.1. The van der Waals surface area contributed by atoms with Crippen LogP contribution >= 0.6 is 0 Å². The van der Waals surface area contributed by atoms with Gasteiger partial charge in [-0.2, -0.15) is 0 Å². The van der Waals surface area contributed by atoms with Crippen LogP contribution in [-0.4, -0.2) is 98.1 Å². The number of piperazine rings is 1. The summed E-state index contributed by atoms with van der Waals surface area (Å²) in [5.74, 6) is -1.55. The smallest absolute Gasteiger partial charge is 0.249 e. The fourth-order valence-corrected chi connectivity index (χ4v) is 6.09. The Hall–Kier alpha value is -2.49. The van der Waals surface area contributed by atoms with Crippen LogP contribution in [0.5, 0.6) is 0 Å². The number of benzene rings is 1. The quantitative estimate of drug-likeness (QED) is 0.566. The number of nitrogens with zero attached hydrogens (tertiary/aromatic N) is 3. The van der Waals surface area contributed by atoms with Gasteiger partial charge in [-0.1, -0.05) is 27.7 Å². The number of ketones is 1. The number of carbonyl (C=O) groups excluding carboxylic acids is 3. The number of hydrogen-bond acceptors (Lipinski definition) is 7. The van der Waals surface area contributed by atoms with Crippen LogP contribution in [0.15, 0.2) is 18.2 Å². The number of hydrogen-bond donors (Lipinski definition) is 1. The molecular weight excluding hydrogens is 472 g/mol. The maximum atomic E-state index is 14.3. The third kappa shape index (κ3) is 5.54. The van der Waals surface area contributed by atoms with Gasteiger partial charge in [0, 0.05) is 44.0 Å². The highest BCUT2D eigenvalue weighted by atomic mass is 16.6. The van der Waals surface area contributed by atoms with Gasteiger partial charge in [0.2, 0.25) is 11.8 Å². The first-order chi connectivity index (χ1) is 17.6. The van der Waals surface area contributed by atoms with Gasteiger partial charge < -0.3 is 25.0 Å². The largest absolute Gasteiger partial charge is 0.374 e. The second-order valence-electron chi connectivity index (χ2n) is 11.4. The van der Waals surface area contributed by atoms with E-state index < -0.39 is 29.4 Å². The molecular formula is C28H42N4O5. The van der Waals surface area contributed by atoms with Crippen molar-refractivity contribution in [3.8, 4) is 0 Å². The Morgan fingerprint density at radius 3 is 2.46 bits per heavy atom. The van der Waals surface area contributed by atoms with E-state index in [0.29, 0.717) is 17.7 Å². The maximum Gasteiger partial charge on any atom is 0.249 e. The molecule has 4 rings (SSSR count). The first kappa shape index (κ1) is 27.5. The number of likely N-dealkylation sites (tertiary alicyclic amines) is 1. The predicted molar refractivity (Wildman–Crippen MR) is 142 cm³/mol. The summed E-state index contributed by atoms with van der Waals surface area (Å²) >= 11 is 0. The molecule has 4 atom stereocenters. The zero-order chi connectivity index (χ0) is 26.9. The van der Waals surface area contributed by atoms with Crippen LogP contribution in [0.1, 0.15) is 62.9 Å². The molecule has 3 heterocycles. The number of amides is 2. The topological polar surface area (TPSA) is 105 Å². The summed E-state index contributed by atoms with van der Waals surface area (Å²) < 4.78 is 11.6. The van der Waals surface area contributed by atoms with Gasteiger partial charge in [-0.25, -0.2) is 0 Å². The van der Waals surface area contributed by atoms with E-state index in [-0.39, 0.29) is 30.9 Å². The summed E-state index contributed by atoms with van der Waals surface area (Å²) in [5.41, 5.74) is 7.21. The lowest BCUT2D eigenvalue weighted by atomic mass is 9.73. The number of primary amides is 1. The summed E-state index contributed by atoms with van der Waals surface area (Å²) in [7, 11) is 0. The molecule has 9 heteroatoms. The normalized spacial score (nSPS) is 25.4. The van der Waals surface area contributed by atoms with Crippen LogP contribution in [0.2, 0.25) is 0 Å². The van der Waals surface area contributed by atoms with Gasteiger partial charge in [-0.3, -0.25) is 19.3 Å². The maximum absolute atomic E-state index is 14.3. The molecule has 2 amide bonds. The molecule has 0 unspecified atom stereocenters. The van der Waals surface area contributed by atoms with Crippen molar-refractivity contribution in [3.05, 3.63) is 29.3 Å². The Morgan fingerprint density at radius 2 is 1.86 bits per heavy atom. The fourth-order valence-electron chi connectivity index (χ4n) is 6.09. The summed E-state index contributed by atoms with van der Waals surface area (Å²) in [4.78, 5) is 46.0. The van der Waals surface area contributed by atoms with Gasteiger partial charge >= 0.3 is 0 Å². The summed E-state index contributed by atoms with van der Waals surface area (Å²) in [6.45, 7) is 15.5. The molecule has 1 aromatic carbocycles. The van der Waals surface area contributed by atoms with Crippen molar-refractivity contribution in [3.63, 3.8) is 0 Å². The molecule has 204 valence electrons. The van der Waals surface area contributed by atoms with E-state index in [1.54, 1.807) is 11.0 Å². The molecule has 1 aromatic rings.